The SMILES string of the molecule is CC(C)(C(=O)O)c1cccc(-c2ccc(CN(Cc3ccc(C(F)(F)F)o3)S(=O)(=O)c3c(OC(F)F)ccc4ccccc34)cc2)c1. The summed E-state index contributed by atoms with van der Waals surface area (Å²) in [6.07, 6.45) is -4.82. The normalized spacial score (nSPS) is 12.6. The van der Waals surface area contributed by atoms with Crippen LogP contribution >= 0.6 is 0 Å². The Hall–Kier alpha value is -4.75. The van der Waals surface area contributed by atoms with Crippen molar-refractivity contribution >= 4 is 26.8 Å². The smallest absolute Gasteiger partial charge is 0.449 e. The number of fused-ring (bicyclic) bond motifs is 1. The van der Waals surface area contributed by atoms with E-state index in [2.05, 4.69) is 4.74 Å². The van der Waals surface area contributed by atoms with Gasteiger partial charge in [-0.05, 0) is 59.7 Å². The number of halogens is 5. The number of furan rings is 1. The van der Waals surface area contributed by atoms with Crippen LogP contribution in [0.1, 0.15) is 36.5 Å². The van der Waals surface area contributed by atoms with Gasteiger partial charge in [-0.1, -0.05) is 78.9 Å². The Morgan fingerprint density at radius 2 is 1.57 bits per heavy atom. The number of benzene rings is 4. The molecule has 246 valence electrons. The number of rotatable bonds is 11. The van der Waals surface area contributed by atoms with Gasteiger partial charge in [0.25, 0.3) is 0 Å². The van der Waals surface area contributed by atoms with E-state index in [1.54, 1.807) is 74.5 Å². The number of nitrogens with zero attached hydrogens (tertiary/aromatic N) is 1. The van der Waals surface area contributed by atoms with Crippen molar-refractivity contribution in [2.24, 2.45) is 0 Å². The second-order valence-electron chi connectivity index (χ2n) is 11.2. The summed E-state index contributed by atoms with van der Waals surface area (Å²) in [5, 5.41) is 10.1. The monoisotopic (exact) mass is 673 g/mol. The molecule has 5 rings (SSSR count). The molecule has 0 spiro atoms. The van der Waals surface area contributed by atoms with E-state index < -0.39 is 57.1 Å². The number of carboxylic acids is 1. The van der Waals surface area contributed by atoms with Crippen LogP contribution in [0.2, 0.25) is 0 Å². The van der Waals surface area contributed by atoms with Crippen molar-refractivity contribution < 1.29 is 49.4 Å². The Balaban J connectivity index is 1.56. The third-order valence-electron chi connectivity index (χ3n) is 7.70. The summed E-state index contributed by atoms with van der Waals surface area (Å²) in [4.78, 5) is 11.2. The van der Waals surface area contributed by atoms with Gasteiger partial charge in [0.2, 0.25) is 15.8 Å². The van der Waals surface area contributed by atoms with Crippen molar-refractivity contribution in [1.82, 2.24) is 4.31 Å². The fourth-order valence-electron chi connectivity index (χ4n) is 5.04. The second kappa shape index (κ2) is 12.8. The first-order chi connectivity index (χ1) is 22.1. The molecule has 0 fully saturated rings. The molecule has 47 heavy (non-hydrogen) atoms. The Bertz CT molecular complexity index is 2020. The maximum Gasteiger partial charge on any atom is 0.449 e. The van der Waals surface area contributed by atoms with Crippen LogP contribution in [0.4, 0.5) is 22.0 Å². The molecule has 1 heterocycles. The summed E-state index contributed by atoms with van der Waals surface area (Å²) in [6.45, 7) is -1.24. The van der Waals surface area contributed by atoms with Gasteiger partial charge in [0, 0.05) is 11.9 Å². The van der Waals surface area contributed by atoms with Gasteiger partial charge in [-0.15, -0.1) is 0 Å². The molecule has 7 nitrogen and oxygen atoms in total. The number of carboxylic acid groups (broad SMARTS) is 1. The van der Waals surface area contributed by atoms with E-state index in [1.807, 2.05) is 0 Å². The van der Waals surface area contributed by atoms with E-state index in [9.17, 15) is 40.3 Å². The molecule has 0 aliphatic heterocycles. The minimum absolute atomic E-state index is 0.0746. The number of sulfonamides is 1. The molecule has 1 aromatic heterocycles. The van der Waals surface area contributed by atoms with Gasteiger partial charge in [0.1, 0.15) is 16.4 Å². The fraction of sp³-hybridized carbons (Fsp3) is 0.206. The standard InChI is InChI=1S/C34H28F5NO6S/c1-33(2,31(41)42)25-8-5-7-24(18-25)22-12-10-21(11-13-22)19-40(20-26-15-17-29(45-26)34(37,38)39)47(43,44)30-27-9-4-3-6-23(27)14-16-28(30)46-32(35)36/h3-18,32H,19-20H2,1-2H3,(H,41,42). The minimum Gasteiger partial charge on any atom is -0.481 e. The van der Waals surface area contributed by atoms with Crippen LogP contribution in [0.15, 0.2) is 106 Å². The predicted octanol–water partition coefficient (Wildman–Crippen LogP) is 8.47. The van der Waals surface area contributed by atoms with Crippen molar-refractivity contribution in [2.45, 2.75) is 50.0 Å². The average molecular weight is 674 g/mol. The van der Waals surface area contributed by atoms with E-state index in [1.165, 1.54) is 18.2 Å². The van der Waals surface area contributed by atoms with Crippen molar-refractivity contribution in [3.05, 3.63) is 120 Å². The molecular weight excluding hydrogens is 645 g/mol. The number of aliphatic carboxylic acids is 1. The lowest BCUT2D eigenvalue weighted by Crippen LogP contribution is -2.31. The minimum atomic E-state index is -4.82. The van der Waals surface area contributed by atoms with E-state index in [0.717, 1.165) is 16.4 Å². The van der Waals surface area contributed by atoms with Gasteiger partial charge in [-0.2, -0.15) is 26.3 Å². The Kier molecular flexibility index (Phi) is 9.15. The van der Waals surface area contributed by atoms with Gasteiger partial charge in [-0.25, -0.2) is 8.42 Å². The molecule has 1 N–H and O–H groups in total. The largest absolute Gasteiger partial charge is 0.481 e. The van der Waals surface area contributed by atoms with Gasteiger partial charge >= 0.3 is 18.8 Å². The lowest BCUT2D eigenvalue weighted by molar-refractivity contribution is -0.153. The molecule has 0 saturated carbocycles. The highest BCUT2D eigenvalue weighted by molar-refractivity contribution is 7.89. The summed E-state index contributed by atoms with van der Waals surface area (Å²) in [6, 6.07) is 23.9. The first-order valence-electron chi connectivity index (χ1n) is 14.1. The zero-order valence-corrected chi connectivity index (χ0v) is 25.8. The van der Waals surface area contributed by atoms with Crippen LogP contribution in [-0.4, -0.2) is 30.4 Å². The Morgan fingerprint density at radius 1 is 0.872 bits per heavy atom. The Labute approximate surface area is 266 Å². The molecule has 13 heteroatoms. The number of carbonyl (C=O) groups is 1. The van der Waals surface area contributed by atoms with Crippen LogP contribution in [0.3, 0.4) is 0 Å². The molecule has 0 atom stereocenters. The molecule has 0 aliphatic carbocycles. The predicted molar refractivity (Wildman–Crippen MR) is 163 cm³/mol. The highest BCUT2D eigenvalue weighted by Crippen LogP contribution is 2.38. The first-order valence-corrected chi connectivity index (χ1v) is 15.6. The molecule has 0 bridgehead atoms. The van der Waals surface area contributed by atoms with Gasteiger partial charge in [-0.3, -0.25) is 4.79 Å². The number of ether oxygens (including phenoxy) is 1. The summed E-state index contributed by atoms with van der Waals surface area (Å²) >= 11 is 0. The third-order valence-corrected chi connectivity index (χ3v) is 9.57. The van der Waals surface area contributed by atoms with E-state index >= 15 is 0 Å². The van der Waals surface area contributed by atoms with Crippen LogP contribution in [0.5, 0.6) is 5.75 Å². The zero-order valence-electron chi connectivity index (χ0n) is 25.0. The number of hydrogen-bond donors (Lipinski definition) is 1. The summed E-state index contributed by atoms with van der Waals surface area (Å²) in [5.74, 6) is -3.28. The molecule has 5 aromatic rings. The molecule has 0 saturated heterocycles. The maximum atomic E-state index is 14.3. The summed E-state index contributed by atoms with van der Waals surface area (Å²) in [5.41, 5.74) is 1.22. The van der Waals surface area contributed by atoms with Crippen molar-refractivity contribution in [2.75, 3.05) is 0 Å². The fourth-order valence-corrected chi connectivity index (χ4v) is 6.75. The van der Waals surface area contributed by atoms with Gasteiger partial charge in [0.05, 0.1) is 12.0 Å². The van der Waals surface area contributed by atoms with Crippen LogP contribution < -0.4 is 4.74 Å². The highest BCUT2D eigenvalue weighted by atomic mass is 32.2. The molecular formula is C34H28F5NO6S. The lowest BCUT2D eigenvalue weighted by Gasteiger charge is -2.24. The van der Waals surface area contributed by atoms with Crippen LogP contribution in [0.25, 0.3) is 21.9 Å². The van der Waals surface area contributed by atoms with E-state index in [4.69, 9.17) is 4.42 Å². The van der Waals surface area contributed by atoms with E-state index in [0.29, 0.717) is 33.7 Å². The number of hydrogen-bond acceptors (Lipinski definition) is 5. The molecule has 0 radical (unpaired) electrons. The van der Waals surface area contributed by atoms with E-state index in [-0.39, 0.29) is 17.7 Å². The highest BCUT2D eigenvalue weighted by Gasteiger charge is 2.36. The van der Waals surface area contributed by atoms with Gasteiger partial charge in [0.15, 0.2) is 0 Å². The van der Waals surface area contributed by atoms with Crippen molar-refractivity contribution in [1.29, 1.82) is 0 Å². The van der Waals surface area contributed by atoms with Crippen LogP contribution in [-0.2, 0) is 39.5 Å². The topological polar surface area (TPSA) is 97.0 Å². The van der Waals surface area contributed by atoms with Gasteiger partial charge < -0.3 is 14.3 Å². The van der Waals surface area contributed by atoms with Crippen molar-refractivity contribution in [3.63, 3.8) is 0 Å². The molecule has 0 amide bonds. The van der Waals surface area contributed by atoms with Crippen LogP contribution in [0, 0.1) is 0 Å². The molecule has 0 unspecified atom stereocenters. The zero-order chi connectivity index (χ0) is 34.1. The molecule has 0 aliphatic rings. The second-order valence-corrected chi connectivity index (χ2v) is 13.1. The maximum absolute atomic E-state index is 14.3. The summed E-state index contributed by atoms with van der Waals surface area (Å²) in [7, 11) is -4.74. The quantitative estimate of drug-likeness (QED) is 0.141. The average Bonchev–Trinajstić information content (AvgIpc) is 3.50. The lowest BCUT2D eigenvalue weighted by atomic mass is 9.83. The third kappa shape index (κ3) is 7.15. The molecule has 4 aromatic carbocycles. The number of alkyl halides is 5. The summed E-state index contributed by atoms with van der Waals surface area (Å²) < 4.78 is 106. The Morgan fingerprint density at radius 3 is 2.21 bits per heavy atom. The van der Waals surface area contributed by atoms with Crippen molar-refractivity contribution in [3.8, 4) is 16.9 Å². The first kappa shape index (κ1) is 33.6.